The zero-order valence-electron chi connectivity index (χ0n) is 20.1. The number of methoxy groups -OCH3 is 1. The molecule has 1 fully saturated rings. The SMILES string of the molecule is COc1ccc(C(C)C)cc1-c1ccc(C(F)(F)F)cc1CN1C(=O)O[C@H](c2ccccc2)[C@@H]1C. The summed E-state index contributed by atoms with van der Waals surface area (Å²) in [6, 6.07) is 18.3. The fourth-order valence-electron chi connectivity index (χ4n) is 4.44. The lowest BCUT2D eigenvalue weighted by Gasteiger charge is -2.24. The normalized spacial score (nSPS) is 18.2. The van der Waals surface area contributed by atoms with Crippen molar-refractivity contribution >= 4 is 6.09 Å². The number of amides is 1. The summed E-state index contributed by atoms with van der Waals surface area (Å²) in [7, 11) is 1.53. The van der Waals surface area contributed by atoms with Crippen LogP contribution in [0.15, 0.2) is 66.7 Å². The van der Waals surface area contributed by atoms with E-state index >= 15 is 0 Å². The van der Waals surface area contributed by atoms with E-state index < -0.39 is 23.9 Å². The Morgan fingerprint density at radius 2 is 1.71 bits per heavy atom. The Morgan fingerprint density at radius 1 is 1.00 bits per heavy atom. The van der Waals surface area contributed by atoms with Gasteiger partial charge in [-0.05, 0) is 59.4 Å². The van der Waals surface area contributed by atoms with Gasteiger partial charge in [0.2, 0.25) is 0 Å². The van der Waals surface area contributed by atoms with Gasteiger partial charge in [-0.25, -0.2) is 4.79 Å². The van der Waals surface area contributed by atoms with E-state index in [0.717, 1.165) is 23.3 Å². The van der Waals surface area contributed by atoms with E-state index in [1.54, 1.807) is 0 Å². The number of rotatable bonds is 6. The van der Waals surface area contributed by atoms with E-state index in [0.29, 0.717) is 22.4 Å². The Labute approximate surface area is 203 Å². The van der Waals surface area contributed by atoms with E-state index in [-0.39, 0.29) is 18.5 Å². The summed E-state index contributed by atoms with van der Waals surface area (Å²) in [5.41, 5.74) is 2.74. The molecule has 0 spiro atoms. The van der Waals surface area contributed by atoms with Gasteiger partial charge in [-0.1, -0.05) is 56.3 Å². The van der Waals surface area contributed by atoms with Crippen LogP contribution in [0.3, 0.4) is 0 Å². The minimum atomic E-state index is -4.51. The lowest BCUT2D eigenvalue weighted by molar-refractivity contribution is -0.137. The lowest BCUT2D eigenvalue weighted by Crippen LogP contribution is -2.31. The summed E-state index contributed by atoms with van der Waals surface area (Å²) < 4.78 is 52.1. The predicted octanol–water partition coefficient (Wildman–Crippen LogP) is 7.59. The quantitative estimate of drug-likeness (QED) is 0.363. The van der Waals surface area contributed by atoms with Crippen LogP contribution in [0, 0.1) is 0 Å². The maximum atomic E-state index is 13.6. The van der Waals surface area contributed by atoms with Gasteiger partial charge in [-0.3, -0.25) is 4.90 Å². The zero-order valence-corrected chi connectivity index (χ0v) is 20.1. The van der Waals surface area contributed by atoms with Crippen molar-refractivity contribution in [2.24, 2.45) is 0 Å². The second kappa shape index (κ2) is 9.64. The molecule has 0 N–H and O–H groups in total. The topological polar surface area (TPSA) is 38.8 Å². The van der Waals surface area contributed by atoms with Crippen molar-refractivity contribution in [1.29, 1.82) is 0 Å². The Balaban J connectivity index is 1.78. The maximum Gasteiger partial charge on any atom is 0.416 e. The molecule has 3 aromatic carbocycles. The van der Waals surface area contributed by atoms with E-state index in [2.05, 4.69) is 0 Å². The van der Waals surface area contributed by atoms with Crippen LogP contribution < -0.4 is 4.74 Å². The fraction of sp³-hybridized carbons (Fsp3) is 0.321. The number of cyclic esters (lactones) is 1. The minimum Gasteiger partial charge on any atom is -0.496 e. The monoisotopic (exact) mass is 483 g/mol. The second-order valence-corrected chi connectivity index (χ2v) is 9.07. The third kappa shape index (κ3) is 4.99. The van der Waals surface area contributed by atoms with E-state index in [4.69, 9.17) is 9.47 Å². The van der Waals surface area contributed by atoms with Crippen LogP contribution in [0.5, 0.6) is 5.75 Å². The molecule has 1 aliphatic heterocycles. The van der Waals surface area contributed by atoms with Crippen molar-refractivity contribution in [1.82, 2.24) is 4.90 Å². The number of carbonyl (C=O) groups is 1. The van der Waals surface area contributed by atoms with Gasteiger partial charge in [-0.2, -0.15) is 13.2 Å². The number of ether oxygens (including phenoxy) is 2. The first kappa shape index (κ1) is 24.6. The highest BCUT2D eigenvalue weighted by atomic mass is 19.4. The predicted molar refractivity (Wildman–Crippen MR) is 128 cm³/mol. The average Bonchev–Trinajstić information content (AvgIpc) is 3.12. The summed E-state index contributed by atoms with van der Waals surface area (Å²) >= 11 is 0. The molecule has 1 amide bonds. The third-order valence-electron chi connectivity index (χ3n) is 6.47. The highest BCUT2D eigenvalue weighted by molar-refractivity contribution is 5.76. The van der Waals surface area contributed by atoms with Gasteiger partial charge in [0.05, 0.1) is 25.3 Å². The van der Waals surface area contributed by atoms with E-state index in [1.165, 1.54) is 18.1 Å². The molecule has 7 heteroatoms. The van der Waals surface area contributed by atoms with E-state index in [9.17, 15) is 18.0 Å². The van der Waals surface area contributed by atoms with Gasteiger partial charge < -0.3 is 9.47 Å². The van der Waals surface area contributed by atoms with Crippen LogP contribution in [-0.2, 0) is 17.5 Å². The van der Waals surface area contributed by atoms with Crippen molar-refractivity contribution < 1.29 is 27.4 Å². The van der Waals surface area contributed by atoms with Gasteiger partial charge in [0.15, 0.2) is 0 Å². The van der Waals surface area contributed by atoms with Crippen LogP contribution in [0.1, 0.15) is 55.0 Å². The van der Waals surface area contributed by atoms with Crippen LogP contribution in [0.2, 0.25) is 0 Å². The highest BCUT2D eigenvalue weighted by Crippen LogP contribution is 2.40. The molecule has 0 unspecified atom stereocenters. The van der Waals surface area contributed by atoms with E-state index in [1.807, 2.05) is 69.3 Å². The molecular formula is C28H28F3NO3. The Bertz CT molecular complexity index is 1210. The maximum absolute atomic E-state index is 13.6. The molecule has 184 valence electrons. The summed E-state index contributed by atoms with van der Waals surface area (Å²) in [5, 5.41) is 0. The van der Waals surface area contributed by atoms with Crippen molar-refractivity contribution in [2.45, 2.75) is 51.6 Å². The number of carbonyl (C=O) groups excluding carboxylic acids is 1. The molecule has 0 aliphatic carbocycles. The van der Waals surface area contributed by atoms with Crippen molar-refractivity contribution in [3.63, 3.8) is 0 Å². The van der Waals surface area contributed by atoms with Crippen LogP contribution in [0.4, 0.5) is 18.0 Å². The molecule has 0 radical (unpaired) electrons. The molecule has 1 heterocycles. The first-order valence-electron chi connectivity index (χ1n) is 11.5. The van der Waals surface area contributed by atoms with Gasteiger partial charge in [0.25, 0.3) is 0 Å². The number of benzene rings is 3. The molecule has 4 nitrogen and oxygen atoms in total. The number of nitrogens with zero attached hydrogens (tertiary/aromatic N) is 1. The molecule has 4 rings (SSSR count). The number of hydrogen-bond donors (Lipinski definition) is 0. The summed E-state index contributed by atoms with van der Waals surface area (Å²) in [6.07, 6.45) is -5.57. The molecule has 2 atom stereocenters. The number of hydrogen-bond acceptors (Lipinski definition) is 3. The standard InChI is InChI=1S/C28H28F3NO3/c1-17(2)20-10-13-25(34-4)24(15-20)23-12-11-22(28(29,30)31)14-21(23)16-32-18(3)26(35-27(32)33)19-8-6-5-7-9-19/h5-15,17-18,26H,16H2,1-4H3/t18-,26-/m0/s1. The third-order valence-corrected chi connectivity index (χ3v) is 6.47. The smallest absolute Gasteiger partial charge is 0.416 e. The second-order valence-electron chi connectivity index (χ2n) is 9.07. The Kier molecular flexibility index (Phi) is 6.79. The van der Waals surface area contributed by atoms with Gasteiger partial charge in [0, 0.05) is 5.56 Å². The molecule has 0 bridgehead atoms. The number of halogens is 3. The molecule has 35 heavy (non-hydrogen) atoms. The van der Waals surface area contributed by atoms with Crippen LogP contribution in [-0.4, -0.2) is 24.1 Å². The van der Waals surface area contributed by atoms with Gasteiger partial charge in [-0.15, -0.1) is 0 Å². The molecular weight excluding hydrogens is 455 g/mol. The first-order valence-corrected chi connectivity index (χ1v) is 11.5. The lowest BCUT2D eigenvalue weighted by atomic mass is 9.92. The van der Waals surface area contributed by atoms with Gasteiger partial charge >= 0.3 is 12.3 Å². The molecule has 3 aromatic rings. The minimum absolute atomic E-state index is 0.0301. The highest BCUT2D eigenvalue weighted by Gasteiger charge is 2.40. The zero-order chi connectivity index (χ0) is 25.3. The number of alkyl halides is 3. The Hall–Kier alpha value is -3.48. The molecule has 0 aromatic heterocycles. The van der Waals surface area contributed by atoms with Crippen LogP contribution >= 0.6 is 0 Å². The molecule has 1 saturated heterocycles. The summed E-state index contributed by atoms with van der Waals surface area (Å²) in [6.45, 7) is 5.91. The van der Waals surface area contributed by atoms with Crippen molar-refractivity contribution in [3.8, 4) is 16.9 Å². The molecule has 1 aliphatic rings. The van der Waals surface area contributed by atoms with Gasteiger partial charge in [0.1, 0.15) is 11.9 Å². The van der Waals surface area contributed by atoms with Crippen molar-refractivity contribution in [3.05, 3.63) is 89.0 Å². The molecule has 0 saturated carbocycles. The average molecular weight is 484 g/mol. The fourth-order valence-corrected chi connectivity index (χ4v) is 4.44. The van der Waals surface area contributed by atoms with Crippen molar-refractivity contribution in [2.75, 3.05) is 7.11 Å². The first-order chi connectivity index (χ1) is 16.6. The summed E-state index contributed by atoms with van der Waals surface area (Å²) in [5.74, 6) is 0.771. The Morgan fingerprint density at radius 3 is 2.34 bits per heavy atom. The summed E-state index contributed by atoms with van der Waals surface area (Å²) in [4.78, 5) is 14.3. The largest absolute Gasteiger partial charge is 0.496 e. The van der Waals surface area contributed by atoms with Crippen LogP contribution in [0.25, 0.3) is 11.1 Å².